The summed E-state index contributed by atoms with van der Waals surface area (Å²) in [5.41, 5.74) is 0.0686. The molecule has 126 valence electrons. The monoisotopic (exact) mass is 321 g/mol. The van der Waals surface area contributed by atoms with E-state index in [1.54, 1.807) is 12.1 Å². The van der Waals surface area contributed by atoms with Crippen molar-refractivity contribution >= 4 is 11.9 Å². The van der Waals surface area contributed by atoms with E-state index < -0.39 is 11.4 Å². The van der Waals surface area contributed by atoms with Crippen molar-refractivity contribution in [3.8, 4) is 0 Å². The summed E-state index contributed by atoms with van der Waals surface area (Å²) in [6.07, 6.45) is 2.62. The number of carboxylic acids is 1. The molecule has 0 saturated carbocycles. The molecule has 23 heavy (non-hydrogen) atoms. The zero-order chi connectivity index (χ0) is 17.0. The number of carbonyl (C=O) groups excluding carboxylic acids is 1. The Labute approximate surface area is 136 Å². The van der Waals surface area contributed by atoms with Gasteiger partial charge in [-0.15, -0.1) is 0 Å². The Balaban J connectivity index is 2.05. The lowest BCUT2D eigenvalue weighted by Gasteiger charge is -2.38. The van der Waals surface area contributed by atoms with Crippen molar-refractivity contribution < 1.29 is 19.1 Å². The van der Waals surface area contributed by atoms with Gasteiger partial charge in [0.1, 0.15) is 5.82 Å². The maximum absolute atomic E-state index is 13.1. The number of likely N-dealkylation sites (tertiary alicyclic amines) is 1. The molecular formula is C18H24FNO3. The Morgan fingerprint density at radius 1 is 1.30 bits per heavy atom. The van der Waals surface area contributed by atoms with Crippen LogP contribution in [-0.2, 0) is 15.0 Å². The lowest BCUT2D eigenvalue weighted by molar-refractivity contribution is -0.138. The fourth-order valence-electron chi connectivity index (χ4n) is 3.20. The van der Waals surface area contributed by atoms with Crippen molar-refractivity contribution in [1.29, 1.82) is 0 Å². The highest BCUT2D eigenvalue weighted by molar-refractivity contribution is 5.87. The van der Waals surface area contributed by atoms with Crippen LogP contribution in [0.4, 0.5) is 4.39 Å². The summed E-state index contributed by atoms with van der Waals surface area (Å²) in [6.45, 7) is 5.01. The fourth-order valence-corrected chi connectivity index (χ4v) is 3.20. The Hall–Kier alpha value is -1.91. The molecule has 4 nitrogen and oxygen atoms in total. The highest BCUT2D eigenvalue weighted by Crippen LogP contribution is 2.29. The van der Waals surface area contributed by atoms with Crippen LogP contribution >= 0.6 is 0 Å². The van der Waals surface area contributed by atoms with Crippen LogP contribution in [0, 0.1) is 11.7 Å². The van der Waals surface area contributed by atoms with Gasteiger partial charge < -0.3 is 10.0 Å². The molecule has 1 N–H and O–H groups in total. The van der Waals surface area contributed by atoms with Crippen LogP contribution in [-0.4, -0.2) is 35.0 Å². The minimum Gasteiger partial charge on any atom is -0.481 e. The molecule has 0 aromatic heterocycles. The van der Waals surface area contributed by atoms with Gasteiger partial charge in [0.15, 0.2) is 0 Å². The predicted molar refractivity (Wildman–Crippen MR) is 85.6 cm³/mol. The summed E-state index contributed by atoms with van der Waals surface area (Å²) in [7, 11) is 0. The Morgan fingerprint density at radius 2 is 1.96 bits per heavy atom. The predicted octanol–water partition coefficient (Wildman–Crippen LogP) is 3.21. The summed E-state index contributed by atoms with van der Waals surface area (Å²) in [5, 5.41) is 8.81. The quantitative estimate of drug-likeness (QED) is 0.906. The zero-order valence-electron chi connectivity index (χ0n) is 13.7. The molecule has 1 fully saturated rings. The van der Waals surface area contributed by atoms with Crippen molar-refractivity contribution in [1.82, 2.24) is 4.90 Å². The second kappa shape index (κ2) is 7.11. The van der Waals surface area contributed by atoms with Crippen LogP contribution in [0.2, 0.25) is 0 Å². The number of hydrogen-bond acceptors (Lipinski definition) is 2. The molecule has 1 aromatic rings. The summed E-state index contributed by atoms with van der Waals surface area (Å²) < 4.78 is 13.1. The van der Waals surface area contributed by atoms with Crippen LogP contribution in [0.5, 0.6) is 0 Å². The lowest BCUT2D eigenvalue weighted by atomic mass is 9.82. The number of halogens is 1. The van der Waals surface area contributed by atoms with Crippen molar-refractivity contribution in [2.75, 3.05) is 13.1 Å². The van der Waals surface area contributed by atoms with Gasteiger partial charge in [-0.1, -0.05) is 12.1 Å². The van der Waals surface area contributed by atoms with Crippen LogP contribution in [0.1, 0.15) is 45.1 Å². The molecule has 1 aromatic carbocycles. The van der Waals surface area contributed by atoms with E-state index in [0.717, 1.165) is 18.4 Å². The van der Waals surface area contributed by atoms with Gasteiger partial charge in [0.2, 0.25) is 5.91 Å². The highest BCUT2D eigenvalue weighted by Gasteiger charge is 2.35. The van der Waals surface area contributed by atoms with Gasteiger partial charge in [0.25, 0.3) is 0 Å². The molecule has 5 heteroatoms. The number of aliphatic carboxylic acids is 1. The van der Waals surface area contributed by atoms with E-state index in [2.05, 4.69) is 0 Å². The van der Waals surface area contributed by atoms with Crippen molar-refractivity contribution in [3.05, 3.63) is 35.6 Å². The number of benzene rings is 1. The maximum Gasteiger partial charge on any atom is 0.303 e. The summed E-state index contributed by atoms with van der Waals surface area (Å²) >= 11 is 0. The van der Waals surface area contributed by atoms with Crippen LogP contribution in [0.25, 0.3) is 0 Å². The minimum atomic E-state index is -0.792. The van der Waals surface area contributed by atoms with Gasteiger partial charge >= 0.3 is 5.97 Å². The van der Waals surface area contributed by atoms with E-state index in [9.17, 15) is 14.0 Å². The molecule has 0 bridgehead atoms. The fraction of sp³-hybridized carbons (Fsp3) is 0.556. The first-order valence-corrected chi connectivity index (χ1v) is 8.08. The molecule has 0 radical (unpaired) electrons. The molecule has 1 aliphatic rings. The average molecular weight is 321 g/mol. The summed E-state index contributed by atoms with van der Waals surface area (Å²) in [5.74, 6) is -0.847. The zero-order valence-corrected chi connectivity index (χ0v) is 13.7. The number of rotatable bonds is 5. The second-order valence-electron chi connectivity index (χ2n) is 6.82. The molecule has 0 aliphatic carbocycles. The van der Waals surface area contributed by atoms with Crippen LogP contribution in [0.15, 0.2) is 24.3 Å². The lowest BCUT2D eigenvalue weighted by Crippen LogP contribution is -2.48. The van der Waals surface area contributed by atoms with E-state index in [-0.39, 0.29) is 24.1 Å². The van der Waals surface area contributed by atoms with Gasteiger partial charge in [-0.25, -0.2) is 4.39 Å². The number of piperidine rings is 1. The third-order valence-electron chi connectivity index (χ3n) is 4.67. The van der Waals surface area contributed by atoms with E-state index in [1.807, 2.05) is 18.7 Å². The number of amides is 1. The summed E-state index contributed by atoms with van der Waals surface area (Å²) in [6, 6.07) is 6.05. The minimum absolute atomic E-state index is 0.0177. The molecule has 1 atom stereocenters. The molecule has 1 amide bonds. The van der Waals surface area contributed by atoms with Crippen molar-refractivity contribution in [2.45, 2.75) is 44.9 Å². The van der Waals surface area contributed by atoms with Gasteiger partial charge in [-0.2, -0.15) is 0 Å². The SMILES string of the molecule is CC(C)(C(=O)N1CCC[C@@H](CCC(=O)O)C1)c1ccc(F)cc1. The highest BCUT2D eigenvalue weighted by atomic mass is 19.1. The molecule has 0 unspecified atom stereocenters. The first-order chi connectivity index (χ1) is 10.8. The average Bonchev–Trinajstić information content (AvgIpc) is 2.53. The van der Waals surface area contributed by atoms with Crippen molar-refractivity contribution in [2.24, 2.45) is 5.92 Å². The molecule has 1 heterocycles. The molecule has 2 rings (SSSR count). The molecular weight excluding hydrogens is 297 g/mol. The normalized spacial score (nSPS) is 18.7. The van der Waals surface area contributed by atoms with Crippen molar-refractivity contribution in [3.63, 3.8) is 0 Å². The standard InChI is InChI=1S/C18H24FNO3/c1-18(2,14-6-8-15(19)9-7-14)17(23)20-11-3-4-13(12-20)5-10-16(21)22/h6-9,13H,3-5,10-12H2,1-2H3,(H,21,22)/t13-/m0/s1. The molecule has 1 aliphatic heterocycles. The maximum atomic E-state index is 13.1. The van der Waals surface area contributed by atoms with Gasteiger partial charge in [-0.3, -0.25) is 9.59 Å². The van der Waals surface area contributed by atoms with E-state index in [4.69, 9.17) is 5.11 Å². The number of hydrogen-bond donors (Lipinski definition) is 1. The van der Waals surface area contributed by atoms with Gasteiger partial charge in [0, 0.05) is 19.5 Å². The third kappa shape index (κ3) is 4.30. The number of carbonyl (C=O) groups is 2. The van der Waals surface area contributed by atoms with Crippen LogP contribution in [0.3, 0.4) is 0 Å². The first kappa shape index (κ1) is 17.4. The molecule has 1 saturated heterocycles. The van der Waals surface area contributed by atoms with Gasteiger partial charge in [-0.05, 0) is 56.7 Å². The van der Waals surface area contributed by atoms with E-state index in [0.29, 0.717) is 19.5 Å². The van der Waals surface area contributed by atoms with Crippen LogP contribution < -0.4 is 0 Å². The topological polar surface area (TPSA) is 57.6 Å². The Morgan fingerprint density at radius 3 is 2.57 bits per heavy atom. The number of carboxylic acid groups (broad SMARTS) is 1. The second-order valence-corrected chi connectivity index (χ2v) is 6.82. The molecule has 0 spiro atoms. The first-order valence-electron chi connectivity index (χ1n) is 8.08. The summed E-state index contributed by atoms with van der Waals surface area (Å²) in [4.78, 5) is 25.5. The Kier molecular flexibility index (Phi) is 5.39. The van der Waals surface area contributed by atoms with Gasteiger partial charge in [0.05, 0.1) is 5.41 Å². The van der Waals surface area contributed by atoms with E-state index >= 15 is 0 Å². The Bertz CT molecular complexity index is 568. The smallest absolute Gasteiger partial charge is 0.303 e. The largest absolute Gasteiger partial charge is 0.481 e. The number of nitrogens with zero attached hydrogens (tertiary/aromatic N) is 1. The van der Waals surface area contributed by atoms with E-state index in [1.165, 1.54) is 12.1 Å². The third-order valence-corrected chi connectivity index (χ3v) is 4.67.